The van der Waals surface area contributed by atoms with Crippen molar-refractivity contribution in [2.75, 3.05) is 7.11 Å². The predicted molar refractivity (Wildman–Crippen MR) is 72.9 cm³/mol. The smallest absolute Gasteiger partial charge is 0.416 e. The molecule has 0 bridgehead atoms. The number of halogens is 3. The highest BCUT2D eigenvalue weighted by molar-refractivity contribution is 5.98. The van der Waals surface area contributed by atoms with Gasteiger partial charge in [-0.05, 0) is 29.8 Å². The van der Waals surface area contributed by atoms with Crippen LogP contribution in [-0.4, -0.2) is 13.1 Å². The van der Waals surface area contributed by atoms with Crippen molar-refractivity contribution in [3.05, 3.63) is 59.2 Å². The Labute approximate surface area is 124 Å². The van der Waals surface area contributed by atoms with Crippen molar-refractivity contribution in [1.82, 2.24) is 0 Å². The first-order valence-electron chi connectivity index (χ1n) is 6.17. The molecule has 0 atom stereocenters. The number of carbonyl (C=O) groups is 1. The van der Waals surface area contributed by atoms with Gasteiger partial charge in [0.2, 0.25) is 0 Å². The highest BCUT2D eigenvalue weighted by Gasteiger charge is 2.30. The van der Waals surface area contributed by atoms with Crippen LogP contribution in [0.2, 0.25) is 0 Å². The molecule has 3 nitrogen and oxygen atoms in total. The summed E-state index contributed by atoms with van der Waals surface area (Å²) < 4.78 is 42.5. The molecule has 0 aromatic heterocycles. The summed E-state index contributed by atoms with van der Waals surface area (Å²) in [5.74, 6) is -0.660. The molecule has 0 saturated carbocycles. The van der Waals surface area contributed by atoms with Crippen molar-refractivity contribution in [2.45, 2.75) is 6.18 Å². The average molecular weight is 305 g/mol. The van der Waals surface area contributed by atoms with Crippen molar-refractivity contribution in [3.8, 4) is 17.2 Å². The van der Waals surface area contributed by atoms with Gasteiger partial charge in [-0.1, -0.05) is 18.2 Å². The molecule has 112 valence electrons. The number of ether oxygens (including phenoxy) is 1. The second-order valence-electron chi connectivity index (χ2n) is 4.41. The minimum Gasteiger partial charge on any atom is -0.465 e. The zero-order chi connectivity index (χ0) is 16.3. The van der Waals surface area contributed by atoms with E-state index in [2.05, 4.69) is 4.74 Å². The molecule has 22 heavy (non-hydrogen) atoms. The second-order valence-corrected chi connectivity index (χ2v) is 4.41. The van der Waals surface area contributed by atoms with Crippen molar-refractivity contribution < 1.29 is 22.7 Å². The standard InChI is InChI=1S/C16H10F3NO2/c1-22-15(21)13-4-2-3-11(9-20)14(13)10-5-7-12(8-6-10)16(17,18)19/h2-8H,1H3. The lowest BCUT2D eigenvalue weighted by molar-refractivity contribution is -0.137. The molecule has 2 aromatic rings. The number of hydrogen-bond acceptors (Lipinski definition) is 3. The number of carbonyl (C=O) groups excluding carboxylic acids is 1. The zero-order valence-electron chi connectivity index (χ0n) is 11.4. The minimum atomic E-state index is -4.45. The van der Waals surface area contributed by atoms with Gasteiger partial charge in [-0.3, -0.25) is 0 Å². The van der Waals surface area contributed by atoms with Crippen molar-refractivity contribution >= 4 is 5.97 Å². The van der Waals surface area contributed by atoms with Crippen molar-refractivity contribution in [1.29, 1.82) is 5.26 Å². The molecule has 2 rings (SSSR count). The molecule has 0 N–H and O–H groups in total. The van der Waals surface area contributed by atoms with E-state index >= 15 is 0 Å². The van der Waals surface area contributed by atoms with Crippen LogP contribution >= 0.6 is 0 Å². The second kappa shape index (κ2) is 5.90. The topological polar surface area (TPSA) is 50.1 Å². The largest absolute Gasteiger partial charge is 0.465 e. The highest BCUT2D eigenvalue weighted by atomic mass is 19.4. The fraction of sp³-hybridized carbons (Fsp3) is 0.125. The molecule has 6 heteroatoms. The number of rotatable bonds is 2. The Balaban J connectivity index is 2.61. The lowest BCUT2D eigenvalue weighted by Crippen LogP contribution is -2.06. The summed E-state index contributed by atoms with van der Waals surface area (Å²) in [6.45, 7) is 0. The Morgan fingerprint density at radius 2 is 1.77 bits per heavy atom. The lowest BCUT2D eigenvalue weighted by atomic mass is 9.94. The number of methoxy groups -OCH3 is 1. The number of hydrogen-bond donors (Lipinski definition) is 0. The average Bonchev–Trinajstić information content (AvgIpc) is 2.52. The van der Waals surface area contributed by atoms with Crippen LogP contribution < -0.4 is 0 Å². The van der Waals surface area contributed by atoms with Gasteiger partial charge in [-0.2, -0.15) is 18.4 Å². The molecule has 0 saturated heterocycles. The minimum absolute atomic E-state index is 0.126. The van der Waals surface area contributed by atoms with Gasteiger partial charge in [0.05, 0.1) is 29.9 Å². The van der Waals surface area contributed by atoms with Gasteiger partial charge in [-0.15, -0.1) is 0 Å². The molecule has 0 heterocycles. The van der Waals surface area contributed by atoms with Crippen LogP contribution in [0.5, 0.6) is 0 Å². The van der Waals surface area contributed by atoms with Crippen LogP contribution in [0.1, 0.15) is 21.5 Å². The molecule has 0 amide bonds. The Bertz CT molecular complexity index is 743. The van der Waals surface area contributed by atoms with Gasteiger partial charge >= 0.3 is 12.1 Å². The normalized spacial score (nSPS) is 10.9. The number of nitriles is 1. The number of alkyl halides is 3. The maximum atomic E-state index is 12.6. The molecule has 0 radical (unpaired) electrons. The van der Waals surface area contributed by atoms with Crippen LogP contribution in [0.4, 0.5) is 13.2 Å². The number of esters is 1. The molecule has 0 aliphatic carbocycles. The third kappa shape index (κ3) is 2.93. The van der Waals surface area contributed by atoms with Gasteiger partial charge < -0.3 is 4.74 Å². The summed E-state index contributed by atoms with van der Waals surface area (Å²) in [5, 5.41) is 9.16. The van der Waals surface area contributed by atoms with E-state index < -0.39 is 17.7 Å². The summed E-state index contributed by atoms with van der Waals surface area (Å²) in [6.07, 6.45) is -4.45. The monoisotopic (exact) mass is 305 g/mol. The van der Waals surface area contributed by atoms with E-state index in [1.165, 1.54) is 37.4 Å². The van der Waals surface area contributed by atoms with Gasteiger partial charge in [0.1, 0.15) is 0 Å². The van der Waals surface area contributed by atoms with Crippen LogP contribution in [0.3, 0.4) is 0 Å². The van der Waals surface area contributed by atoms with Crippen LogP contribution in [-0.2, 0) is 10.9 Å². The van der Waals surface area contributed by atoms with Crippen LogP contribution in [0, 0.1) is 11.3 Å². The van der Waals surface area contributed by atoms with Crippen LogP contribution in [0.25, 0.3) is 11.1 Å². The maximum absolute atomic E-state index is 12.6. The molecule has 0 fully saturated rings. The van der Waals surface area contributed by atoms with E-state index in [-0.39, 0.29) is 16.7 Å². The van der Waals surface area contributed by atoms with E-state index in [9.17, 15) is 18.0 Å². The molecule has 2 aromatic carbocycles. The van der Waals surface area contributed by atoms with Gasteiger partial charge in [0.15, 0.2) is 0 Å². The summed E-state index contributed by atoms with van der Waals surface area (Å²) in [7, 11) is 1.19. The molecule has 0 spiro atoms. The Morgan fingerprint density at radius 1 is 1.14 bits per heavy atom. The quantitative estimate of drug-likeness (QED) is 0.787. The van der Waals surface area contributed by atoms with E-state index in [0.717, 1.165) is 12.1 Å². The zero-order valence-corrected chi connectivity index (χ0v) is 11.4. The van der Waals surface area contributed by atoms with Crippen molar-refractivity contribution in [2.24, 2.45) is 0 Å². The number of benzene rings is 2. The third-order valence-corrected chi connectivity index (χ3v) is 3.09. The first-order chi connectivity index (χ1) is 10.4. The SMILES string of the molecule is COC(=O)c1cccc(C#N)c1-c1ccc(C(F)(F)F)cc1. The molecular weight excluding hydrogens is 295 g/mol. The highest BCUT2D eigenvalue weighted by Crippen LogP contribution is 2.33. The van der Waals surface area contributed by atoms with E-state index in [0.29, 0.717) is 5.56 Å². The Hall–Kier alpha value is -2.81. The molecule has 0 unspecified atom stereocenters. The van der Waals surface area contributed by atoms with Crippen molar-refractivity contribution in [3.63, 3.8) is 0 Å². The summed E-state index contributed by atoms with van der Waals surface area (Å²) >= 11 is 0. The first kappa shape index (κ1) is 15.6. The fourth-order valence-electron chi connectivity index (χ4n) is 2.06. The predicted octanol–water partition coefficient (Wildman–Crippen LogP) is 4.03. The first-order valence-corrected chi connectivity index (χ1v) is 6.17. The molecule has 0 aliphatic rings. The Morgan fingerprint density at radius 3 is 2.27 bits per heavy atom. The summed E-state index contributed by atoms with van der Waals surface area (Å²) in [4.78, 5) is 11.8. The van der Waals surface area contributed by atoms with Gasteiger partial charge in [0.25, 0.3) is 0 Å². The van der Waals surface area contributed by atoms with Gasteiger partial charge in [-0.25, -0.2) is 4.79 Å². The van der Waals surface area contributed by atoms with E-state index in [4.69, 9.17) is 5.26 Å². The summed E-state index contributed by atoms with van der Waals surface area (Å²) in [6, 6.07) is 10.7. The van der Waals surface area contributed by atoms with E-state index in [1.54, 1.807) is 0 Å². The lowest BCUT2D eigenvalue weighted by Gasteiger charge is -2.12. The molecular formula is C16H10F3NO2. The number of nitrogens with zero attached hydrogens (tertiary/aromatic N) is 1. The third-order valence-electron chi connectivity index (χ3n) is 3.09. The Kier molecular flexibility index (Phi) is 4.18. The van der Waals surface area contributed by atoms with E-state index in [1.807, 2.05) is 6.07 Å². The molecule has 0 aliphatic heterocycles. The van der Waals surface area contributed by atoms with Gasteiger partial charge in [0, 0.05) is 5.56 Å². The fourth-order valence-corrected chi connectivity index (χ4v) is 2.06. The van der Waals surface area contributed by atoms with Crippen LogP contribution in [0.15, 0.2) is 42.5 Å². The maximum Gasteiger partial charge on any atom is 0.416 e. The summed E-state index contributed by atoms with van der Waals surface area (Å²) in [5.41, 5.74) is 0.102.